The number of hydrogen-bond acceptors (Lipinski definition) is 3. The van der Waals surface area contributed by atoms with Crippen LogP contribution in [0.15, 0.2) is 24.3 Å². The highest BCUT2D eigenvalue weighted by Gasteiger charge is 2.44. The van der Waals surface area contributed by atoms with Crippen molar-refractivity contribution in [3.8, 4) is 0 Å². The molecule has 6 heteroatoms. The summed E-state index contributed by atoms with van der Waals surface area (Å²) in [5, 5.41) is 13.4. The highest BCUT2D eigenvalue weighted by Crippen LogP contribution is 2.47. The molecule has 1 amide bonds. The van der Waals surface area contributed by atoms with Gasteiger partial charge < -0.3 is 10.6 Å². The Labute approximate surface area is 133 Å². The molecule has 0 radical (unpaired) electrons. The van der Waals surface area contributed by atoms with Crippen LogP contribution in [0.1, 0.15) is 40.2 Å². The van der Waals surface area contributed by atoms with Gasteiger partial charge in [-0.25, -0.2) is 4.39 Å². The van der Waals surface area contributed by atoms with E-state index in [4.69, 9.17) is 0 Å². The van der Waals surface area contributed by atoms with Crippen LogP contribution in [0.4, 0.5) is 4.39 Å². The smallest absolute Gasteiger partial charge is 0.272 e. The fourth-order valence-corrected chi connectivity index (χ4v) is 3.28. The molecule has 2 heterocycles. The lowest BCUT2D eigenvalue weighted by Crippen LogP contribution is -2.34. The fourth-order valence-electron chi connectivity index (χ4n) is 3.28. The van der Waals surface area contributed by atoms with Crippen molar-refractivity contribution in [3.63, 3.8) is 0 Å². The number of aromatic nitrogens is 2. The van der Waals surface area contributed by atoms with Crippen molar-refractivity contribution in [2.75, 3.05) is 13.1 Å². The third kappa shape index (κ3) is 2.63. The van der Waals surface area contributed by atoms with Gasteiger partial charge in [0.15, 0.2) is 5.69 Å². The maximum absolute atomic E-state index is 13.4. The molecule has 120 valence electrons. The Morgan fingerprint density at radius 3 is 3.04 bits per heavy atom. The number of halogens is 1. The van der Waals surface area contributed by atoms with Gasteiger partial charge in [-0.15, -0.1) is 0 Å². The molecular weight excluding hydrogens is 295 g/mol. The molecule has 2 aromatic rings. The molecule has 5 nitrogen and oxygen atoms in total. The summed E-state index contributed by atoms with van der Waals surface area (Å²) in [7, 11) is 0. The number of hydrogen-bond donors (Lipinski definition) is 3. The lowest BCUT2D eigenvalue weighted by molar-refractivity contribution is 0.0943. The van der Waals surface area contributed by atoms with Crippen LogP contribution in [0.3, 0.4) is 0 Å². The van der Waals surface area contributed by atoms with E-state index in [2.05, 4.69) is 20.8 Å². The Morgan fingerprint density at radius 1 is 1.39 bits per heavy atom. The van der Waals surface area contributed by atoms with Crippen molar-refractivity contribution in [1.29, 1.82) is 0 Å². The molecule has 1 saturated carbocycles. The topological polar surface area (TPSA) is 69.8 Å². The van der Waals surface area contributed by atoms with Crippen molar-refractivity contribution >= 4 is 5.91 Å². The summed E-state index contributed by atoms with van der Waals surface area (Å²) in [4.78, 5) is 12.5. The maximum Gasteiger partial charge on any atom is 0.272 e. The number of aromatic amines is 1. The summed E-state index contributed by atoms with van der Waals surface area (Å²) >= 11 is 0. The second-order valence-corrected chi connectivity index (χ2v) is 6.43. The van der Waals surface area contributed by atoms with Gasteiger partial charge >= 0.3 is 0 Å². The molecule has 0 unspecified atom stereocenters. The van der Waals surface area contributed by atoms with E-state index in [1.807, 2.05) is 6.07 Å². The van der Waals surface area contributed by atoms with Crippen LogP contribution in [-0.4, -0.2) is 29.2 Å². The summed E-state index contributed by atoms with van der Waals surface area (Å²) in [6, 6.07) is 6.67. The molecule has 0 bridgehead atoms. The van der Waals surface area contributed by atoms with E-state index in [-0.39, 0.29) is 17.1 Å². The average Bonchev–Trinajstić information content (AvgIpc) is 3.24. The van der Waals surface area contributed by atoms with Gasteiger partial charge in [0.05, 0.1) is 0 Å². The summed E-state index contributed by atoms with van der Waals surface area (Å²) in [6.07, 6.45) is 2.80. The van der Waals surface area contributed by atoms with Gasteiger partial charge in [0.25, 0.3) is 5.91 Å². The zero-order valence-corrected chi connectivity index (χ0v) is 12.8. The molecule has 1 aromatic carbocycles. The quantitative estimate of drug-likeness (QED) is 0.804. The molecular formula is C17H19FN4O. The number of H-pyrrole nitrogens is 1. The third-order valence-corrected chi connectivity index (χ3v) is 4.90. The molecule has 23 heavy (non-hydrogen) atoms. The lowest BCUT2D eigenvalue weighted by atomic mass is 9.95. The SMILES string of the molecule is O=C(NCC1(c2cccc(F)c2)CC1)c1n[nH]c2c1CNCC2. The van der Waals surface area contributed by atoms with Gasteiger partial charge in [-0.05, 0) is 30.5 Å². The molecule has 0 saturated heterocycles. The molecule has 1 aliphatic carbocycles. The van der Waals surface area contributed by atoms with Crippen LogP contribution >= 0.6 is 0 Å². The van der Waals surface area contributed by atoms with Crippen LogP contribution in [0.2, 0.25) is 0 Å². The number of rotatable bonds is 4. The van der Waals surface area contributed by atoms with E-state index in [9.17, 15) is 9.18 Å². The second kappa shape index (κ2) is 5.45. The number of carbonyl (C=O) groups is 1. The Balaban J connectivity index is 1.47. The van der Waals surface area contributed by atoms with E-state index < -0.39 is 0 Å². The van der Waals surface area contributed by atoms with Crippen LogP contribution in [-0.2, 0) is 18.4 Å². The number of carbonyl (C=O) groups excluding carboxylic acids is 1. The second-order valence-electron chi connectivity index (χ2n) is 6.43. The summed E-state index contributed by atoms with van der Waals surface area (Å²) < 4.78 is 13.4. The molecule has 1 aliphatic heterocycles. The Hall–Kier alpha value is -2.21. The van der Waals surface area contributed by atoms with Crippen molar-refractivity contribution in [1.82, 2.24) is 20.8 Å². The molecule has 1 fully saturated rings. The minimum atomic E-state index is -0.229. The van der Waals surface area contributed by atoms with Crippen molar-refractivity contribution in [2.24, 2.45) is 0 Å². The Morgan fingerprint density at radius 2 is 2.26 bits per heavy atom. The van der Waals surface area contributed by atoms with Gasteiger partial charge in [0.2, 0.25) is 0 Å². The molecule has 2 aliphatic rings. The van der Waals surface area contributed by atoms with Gasteiger partial charge in [-0.3, -0.25) is 9.89 Å². The first-order valence-electron chi connectivity index (χ1n) is 7.99. The predicted octanol–water partition coefficient (Wildman–Crippen LogP) is 1.66. The number of nitrogens with zero attached hydrogens (tertiary/aromatic N) is 1. The normalized spacial score (nSPS) is 18.3. The summed E-state index contributed by atoms with van der Waals surface area (Å²) in [6.45, 7) is 2.09. The number of amides is 1. The van der Waals surface area contributed by atoms with Crippen LogP contribution in [0.5, 0.6) is 0 Å². The molecule has 0 atom stereocenters. The minimum Gasteiger partial charge on any atom is -0.350 e. The van der Waals surface area contributed by atoms with Crippen LogP contribution in [0.25, 0.3) is 0 Å². The van der Waals surface area contributed by atoms with Gasteiger partial charge in [-0.2, -0.15) is 5.10 Å². The molecule has 4 rings (SSSR count). The Bertz CT molecular complexity index is 751. The monoisotopic (exact) mass is 314 g/mol. The highest BCUT2D eigenvalue weighted by atomic mass is 19.1. The number of fused-ring (bicyclic) bond motifs is 1. The van der Waals surface area contributed by atoms with Gasteiger partial charge in [0.1, 0.15) is 5.82 Å². The highest BCUT2D eigenvalue weighted by molar-refractivity contribution is 5.94. The number of benzene rings is 1. The van der Waals surface area contributed by atoms with Crippen LogP contribution in [0, 0.1) is 5.82 Å². The molecule has 3 N–H and O–H groups in total. The Kier molecular flexibility index (Phi) is 3.41. The van der Waals surface area contributed by atoms with E-state index in [1.165, 1.54) is 6.07 Å². The first-order valence-corrected chi connectivity index (χ1v) is 7.99. The lowest BCUT2D eigenvalue weighted by Gasteiger charge is -2.17. The first kappa shape index (κ1) is 14.4. The maximum atomic E-state index is 13.4. The standard InChI is InChI=1S/C17H19FN4O/c18-12-3-1-2-11(8-12)17(5-6-17)10-20-16(23)15-13-9-19-7-4-14(13)21-22-15/h1-3,8,19H,4-7,9-10H2,(H,20,23)(H,21,22). The van der Waals surface area contributed by atoms with Crippen molar-refractivity contribution in [3.05, 3.63) is 52.6 Å². The summed E-state index contributed by atoms with van der Waals surface area (Å²) in [5.41, 5.74) is 3.32. The van der Waals surface area contributed by atoms with Gasteiger partial charge in [-0.1, -0.05) is 12.1 Å². The van der Waals surface area contributed by atoms with E-state index in [0.29, 0.717) is 18.8 Å². The van der Waals surface area contributed by atoms with E-state index in [0.717, 1.165) is 42.6 Å². The average molecular weight is 314 g/mol. The molecule has 1 aromatic heterocycles. The fraction of sp³-hybridized carbons (Fsp3) is 0.412. The van der Waals surface area contributed by atoms with E-state index in [1.54, 1.807) is 12.1 Å². The predicted molar refractivity (Wildman–Crippen MR) is 83.6 cm³/mol. The zero-order chi connectivity index (χ0) is 15.9. The van der Waals surface area contributed by atoms with Crippen molar-refractivity contribution in [2.45, 2.75) is 31.2 Å². The largest absolute Gasteiger partial charge is 0.350 e. The third-order valence-electron chi connectivity index (χ3n) is 4.90. The van der Waals surface area contributed by atoms with Crippen molar-refractivity contribution < 1.29 is 9.18 Å². The van der Waals surface area contributed by atoms with Gasteiger partial charge in [0, 0.05) is 42.7 Å². The first-order chi connectivity index (χ1) is 11.2. The van der Waals surface area contributed by atoms with E-state index >= 15 is 0 Å². The van der Waals surface area contributed by atoms with Crippen LogP contribution < -0.4 is 10.6 Å². The molecule has 0 spiro atoms. The minimum absolute atomic E-state index is 0.119. The number of nitrogens with one attached hydrogen (secondary N) is 3. The summed E-state index contributed by atoms with van der Waals surface area (Å²) in [5.74, 6) is -0.388. The zero-order valence-electron chi connectivity index (χ0n) is 12.8.